The largest absolute Gasteiger partial charge is 0.293 e. The average molecular weight is 319 g/mol. The smallest absolute Gasteiger partial charge is 0.175 e. The van der Waals surface area contributed by atoms with Crippen LogP contribution in [0.25, 0.3) is 0 Å². The van der Waals surface area contributed by atoms with Crippen LogP contribution in [0.3, 0.4) is 0 Å². The molecule has 1 unspecified atom stereocenters. The van der Waals surface area contributed by atoms with Crippen molar-refractivity contribution in [1.82, 2.24) is 0 Å². The lowest BCUT2D eigenvalue weighted by atomic mass is 10.1. The van der Waals surface area contributed by atoms with Gasteiger partial charge in [0, 0.05) is 5.56 Å². The molecule has 1 aromatic carbocycles. The minimum absolute atomic E-state index is 0.0432. The van der Waals surface area contributed by atoms with Gasteiger partial charge in [-0.1, -0.05) is 29.3 Å². The van der Waals surface area contributed by atoms with E-state index in [0.717, 1.165) is 0 Å². The molecule has 2 rings (SSSR count). The van der Waals surface area contributed by atoms with Crippen LogP contribution < -0.4 is 0 Å². The Labute approximate surface area is 121 Å². The summed E-state index contributed by atoms with van der Waals surface area (Å²) in [6.45, 7) is 0. The molecule has 94 valence electrons. The van der Waals surface area contributed by atoms with E-state index in [2.05, 4.69) is 0 Å². The lowest BCUT2D eigenvalue weighted by Crippen LogP contribution is -2.10. The van der Waals surface area contributed by atoms with Gasteiger partial charge in [0.1, 0.15) is 0 Å². The number of ketones is 1. The first-order valence-corrected chi connectivity index (χ1v) is 7.93. The molecule has 0 spiro atoms. The number of hydrogen-bond donors (Lipinski definition) is 0. The maximum atomic E-state index is 11.9. The Morgan fingerprint density at radius 3 is 2.61 bits per heavy atom. The Hall–Kier alpha value is -0.680. The Morgan fingerprint density at radius 2 is 2.00 bits per heavy atom. The Kier molecular flexibility index (Phi) is 4.56. The summed E-state index contributed by atoms with van der Waals surface area (Å²) in [5.41, 5.74) is 0.425. The van der Waals surface area contributed by atoms with Crippen molar-refractivity contribution in [1.29, 1.82) is 0 Å². The molecule has 1 aromatic heterocycles. The highest BCUT2D eigenvalue weighted by molar-refractivity contribution is 7.88. The van der Waals surface area contributed by atoms with Crippen LogP contribution in [-0.4, -0.2) is 15.7 Å². The maximum Gasteiger partial charge on any atom is 0.175 e. The van der Waals surface area contributed by atoms with Gasteiger partial charge in [0.05, 0.1) is 30.8 Å². The van der Waals surface area contributed by atoms with Crippen LogP contribution in [0, 0.1) is 0 Å². The molecule has 6 heteroatoms. The van der Waals surface area contributed by atoms with E-state index in [1.165, 1.54) is 17.4 Å². The van der Waals surface area contributed by atoms with Gasteiger partial charge < -0.3 is 0 Å². The van der Waals surface area contributed by atoms with E-state index >= 15 is 0 Å². The number of hydrogen-bond acceptors (Lipinski definition) is 3. The topological polar surface area (TPSA) is 34.1 Å². The van der Waals surface area contributed by atoms with E-state index in [0.29, 0.717) is 19.8 Å². The first-order chi connectivity index (χ1) is 8.58. The summed E-state index contributed by atoms with van der Waals surface area (Å²) in [6.07, 6.45) is 0. The van der Waals surface area contributed by atoms with Crippen molar-refractivity contribution < 1.29 is 9.00 Å². The zero-order chi connectivity index (χ0) is 13.1. The highest BCUT2D eigenvalue weighted by Crippen LogP contribution is 2.23. The highest BCUT2D eigenvalue weighted by Gasteiger charge is 2.14. The standard InChI is InChI=1S/C12H8Cl2O2S2/c13-9-4-3-8(6-10(9)14)11(15)7-18(16)12-2-1-5-17-12/h1-6H,7H2. The number of halogens is 2. The molecule has 0 saturated heterocycles. The molecule has 0 aliphatic rings. The van der Waals surface area contributed by atoms with E-state index in [1.807, 2.05) is 11.4 Å². The predicted molar refractivity (Wildman–Crippen MR) is 76.4 cm³/mol. The lowest BCUT2D eigenvalue weighted by molar-refractivity contribution is 0.102. The van der Waals surface area contributed by atoms with E-state index < -0.39 is 10.8 Å². The number of benzene rings is 1. The number of carbonyl (C=O) groups excluding carboxylic acids is 1. The summed E-state index contributed by atoms with van der Waals surface area (Å²) in [4.78, 5) is 11.9. The van der Waals surface area contributed by atoms with Crippen molar-refractivity contribution in [3.8, 4) is 0 Å². The molecular weight excluding hydrogens is 311 g/mol. The number of rotatable bonds is 4. The summed E-state index contributed by atoms with van der Waals surface area (Å²) < 4.78 is 12.6. The highest BCUT2D eigenvalue weighted by atomic mass is 35.5. The quantitative estimate of drug-likeness (QED) is 0.797. The minimum atomic E-state index is -1.30. The Morgan fingerprint density at radius 1 is 1.22 bits per heavy atom. The zero-order valence-electron chi connectivity index (χ0n) is 9.06. The van der Waals surface area contributed by atoms with Crippen molar-refractivity contribution in [2.75, 3.05) is 5.75 Å². The molecule has 0 aliphatic carbocycles. The fraction of sp³-hybridized carbons (Fsp3) is 0.0833. The summed E-state index contributed by atoms with van der Waals surface area (Å²) in [5, 5.41) is 2.55. The third kappa shape index (κ3) is 3.20. The SMILES string of the molecule is O=C(CS(=O)c1cccs1)c1ccc(Cl)c(Cl)c1. The predicted octanol–water partition coefficient (Wildman–Crippen LogP) is 4.05. The van der Waals surface area contributed by atoms with Crippen molar-refractivity contribution in [2.24, 2.45) is 0 Å². The summed E-state index contributed by atoms with van der Waals surface area (Å²) in [5.74, 6) is -0.251. The summed E-state index contributed by atoms with van der Waals surface area (Å²) in [6, 6.07) is 8.20. The molecule has 2 nitrogen and oxygen atoms in total. The van der Waals surface area contributed by atoms with Crippen molar-refractivity contribution in [3.05, 3.63) is 51.3 Å². The molecule has 0 N–H and O–H groups in total. The molecule has 0 radical (unpaired) electrons. The van der Waals surface area contributed by atoms with Crippen molar-refractivity contribution in [3.63, 3.8) is 0 Å². The van der Waals surface area contributed by atoms with Crippen LogP contribution in [0.4, 0.5) is 0 Å². The van der Waals surface area contributed by atoms with E-state index in [-0.39, 0.29) is 11.5 Å². The second kappa shape index (κ2) is 5.97. The van der Waals surface area contributed by atoms with Crippen LogP contribution in [0.2, 0.25) is 10.0 Å². The van der Waals surface area contributed by atoms with Crippen LogP contribution in [0.5, 0.6) is 0 Å². The third-order valence-electron chi connectivity index (χ3n) is 2.22. The molecule has 2 aromatic rings. The molecular formula is C12H8Cl2O2S2. The van der Waals surface area contributed by atoms with Crippen molar-refractivity contribution >= 4 is 51.1 Å². The Balaban J connectivity index is 2.12. The average Bonchev–Trinajstić information content (AvgIpc) is 2.86. The van der Waals surface area contributed by atoms with E-state index in [1.54, 1.807) is 18.2 Å². The number of Topliss-reactive ketones (excluding diaryl/α,β-unsaturated/α-hetero) is 1. The van der Waals surface area contributed by atoms with Gasteiger partial charge >= 0.3 is 0 Å². The lowest BCUT2D eigenvalue weighted by Gasteiger charge is -2.02. The molecule has 1 heterocycles. The van der Waals surface area contributed by atoms with Gasteiger partial charge in [-0.3, -0.25) is 9.00 Å². The molecule has 1 atom stereocenters. The zero-order valence-corrected chi connectivity index (χ0v) is 12.2. The van der Waals surface area contributed by atoms with Gasteiger partial charge in [-0.05, 0) is 29.6 Å². The van der Waals surface area contributed by atoms with E-state index in [9.17, 15) is 9.00 Å². The second-order valence-electron chi connectivity index (χ2n) is 3.47. The first kappa shape index (κ1) is 13.7. The third-order valence-corrected chi connectivity index (χ3v) is 5.58. The maximum absolute atomic E-state index is 11.9. The number of carbonyl (C=O) groups is 1. The Bertz CT molecular complexity index is 594. The fourth-order valence-electron chi connectivity index (χ4n) is 1.34. The molecule has 0 bridgehead atoms. The fourth-order valence-corrected chi connectivity index (χ4v) is 3.63. The van der Waals surface area contributed by atoms with E-state index in [4.69, 9.17) is 23.2 Å². The summed E-state index contributed by atoms with van der Waals surface area (Å²) in [7, 11) is -1.30. The second-order valence-corrected chi connectivity index (χ2v) is 6.91. The molecule has 18 heavy (non-hydrogen) atoms. The van der Waals surface area contributed by atoms with Crippen LogP contribution in [0.15, 0.2) is 39.9 Å². The molecule has 0 saturated carbocycles. The molecule has 0 aliphatic heterocycles. The first-order valence-electron chi connectivity index (χ1n) is 4.98. The normalized spacial score (nSPS) is 12.3. The number of thiophene rings is 1. The monoisotopic (exact) mass is 318 g/mol. The van der Waals surface area contributed by atoms with Crippen molar-refractivity contribution in [2.45, 2.75) is 4.21 Å². The minimum Gasteiger partial charge on any atom is -0.293 e. The van der Waals surface area contributed by atoms with Gasteiger partial charge in [0.25, 0.3) is 0 Å². The van der Waals surface area contributed by atoms with Gasteiger partial charge in [-0.15, -0.1) is 11.3 Å². The van der Waals surface area contributed by atoms with Gasteiger partial charge in [0.2, 0.25) is 0 Å². The van der Waals surface area contributed by atoms with Crippen LogP contribution >= 0.6 is 34.5 Å². The van der Waals surface area contributed by atoms with Crippen LogP contribution in [-0.2, 0) is 10.8 Å². The van der Waals surface area contributed by atoms with Gasteiger partial charge in [-0.25, -0.2) is 0 Å². The summed E-state index contributed by atoms with van der Waals surface area (Å²) >= 11 is 13.0. The molecule has 0 amide bonds. The molecule has 0 fully saturated rings. The van der Waals surface area contributed by atoms with Gasteiger partial charge in [0.15, 0.2) is 5.78 Å². The van der Waals surface area contributed by atoms with Gasteiger partial charge in [-0.2, -0.15) is 0 Å². The van der Waals surface area contributed by atoms with Crippen LogP contribution in [0.1, 0.15) is 10.4 Å².